The van der Waals surface area contributed by atoms with E-state index in [1.807, 2.05) is 9.47 Å². The number of carbonyl (C=O) groups excluding carboxylic acids is 1. The Hall–Kier alpha value is -1.43. The van der Waals surface area contributed by atoms with Gasteiger partial charge in [0.15, 0.2) is 5.82 Å². The highest BCUT2D eigenvalue weighted by atomic mass is 16.2. The molecule has 0 bridgehead atoms. The minimum atomic E-state index is -0.184. The van der Waals surface area contributed by atoms with Gasteiger partial charge in [-0.3, -0.25) is 4.79 Å². The van der Waals surface area contributed by atoms with Crippen LogP contribution in [0.5, 0.6) is 0 Å². The molecule has 1 fully saturated rings. The second-order valence-electron chi connectivity index (χ2n) is 5.62. The fourth-order valence-corrected chi connectivity index (χ4v) is 3.30. The van der Waals surface area contributed by atoms with Crippen LogP contribution in [0.4, 0.5) is 0 Å². The Morgan fingerprint density at radius 1 is 1.53 bits per heavy atom. The zero-order valence-corrected chi connectivity index (χ0v) is 11.4. The number of fused-ring (bicyclic) bond motifs is 1. The molecule has 1 saturated heterocycles. The van der Waals surface area contributed by atoms with E-state index in [0.29, 0.717) is 12.5 Å². The van der Waals surface area contributed by atoms with Crippen LogP contribution in [-0.2, 0) is 17.9 Å². The lowest BCUT2D eigenvalue weighted by atomic mass is 9.81. The van der Waals surface area contributed by atoms with Crippen molar-refractivity contribution in [2.45, 2.75) is 39.3 Å². The third-order valence-electron chi connectivity index (χ3n) is 4.35. The number of hydrogen-bond donors (Lipinski definition) is 1. The lowest BCUT2D eigenvalue weighted by Crippen LogP contribution is -2.48. The molecule has 6 heteroatoms. The molecule has 6 nitrogen and oxygen atoms in total. The summed E-state index contributed by atoms with van der Waals surface area (Å²) in [5.41, 5.74) is -0.184. The maximum atomic E-state index is 12.9. The zero-order valence-electron chi connectivity index (χ0n) is 11.4. The van der Waals surface area contributed by atoms with Gasteiger partial charge < -0.3 is 14.8 Å². The highest BCUT2D eigenvalue weighted by Gasteiger charge is 2.43. The van der Waals surface area contributed by atoms with Crippen molar-refractivity contribution < 1.29 is 4.79 Å². The Bertz CT molecular complexity index is 463. The molecule has 1 atom stereocenters. The Morgan fingerprint density at radius 2 is 2.42 bits per heavy atom. The first-order valence-corrected chi connectivity index (χ1v) is 7.12. The van der Waals surface area contributed by atoms with Crippen LogP contribution in [0.2, 0.25) is 0 Å². The zero-order chi connectivity index (χ0) is 13.3. The summed E-state index contributed by atoms with van der Waals surface area (Å²) in [7, 11) is 0. The standard InChI is InChI=1S/C13H21N5O/c1-2-3-13(4-5-14-9-13)12(19)17-6-7-18-10-15-16-11(18)8-17/h10,14H,2-9H2,1H3. The van der Waals surface area contributed by atoms with Gasteiger partial charge in [-0.1, -0.05) is 13.3 Å². The third kappa shape index (κ3) is 2.14. The van der Waals surface area contributed by atoms with Crippen LogP contribution in [-0.4, -0.2) is 45.2 Å². The fourth-order valence-electron chi connectivity index (χ4n) is 3.30. The molecule has 2 aliphatic rings. The molecule has 1 N–H and O–H groups in total. The number of hydrogen-bond acceptors (Lipinski definition) is 4. The molecule has 1 amide bonds. The Kier molecular flexibility index (Phi) is 3.26. The lowest BCUT2D eigenvalue weighted by Gasteiger charge is -2.35. The SMILES string of the molecule is CCCC1(C(=O)N2CCn3cnnc3C2)CCNC1. The van der Waals surface area contributed by atoms with E-state index in [4.69, 9.17) is 0 Å². The van der Waals surface area contributed by atoms with Crippen LogP contribution in [0.25, 0.3) is 0 Å². The molecule has 0 aliphatic carbocycles. The van der Waals surface area contributed by atoms with E-state index < -0.39 is 0 Å². The summed E-state index contributed by atoms with van der Waals surface area (Å²) < 4.78 is 2.03. The average Bonchev–Trinajstić information content (AvgIpc) is 3.06. The molecule has 3 heterocycles. The van der Waals surface area contributed by atoms with Crippen molar-refractivity contribution in [2.75, 3.05) is 19.6 Å². The van der Waals surface area contributed by atoms with E-state index in [1.54, 1.807) is 6.33 Å². The normalized spacial score (nSPS) is 26.5. The van der Waals surface area contributed by atoms with Gasteiger partial charge in [-0.05, 0) is 19.4 Å². The topological polar surface area (TPSA) is 63.1 Å². The molecule has 1 aromatic rings. The van der Waals surface area contributed by atoms with Gasteiger partial charge in [0.05, 0.1) is 12.0 Å². The molecule has 1 unspecified atom stereocenters. The van der Waals surface area contributed by atoms with E-state index in [-0.39, 0.29) is 5.41 Å². The highest BCUT2D eigenvalue weighted by molar-refractivity contribution is 5.83. The van der Waals surface area contributed by atoms with Crippen molar-refractivity contribution in [3.63, 3.8) is 0 Å². The average molecular weight is 263 g/mol. The molecular weight excluding hydrogens is 242 g/mol. The van der Waals surface area contributed by atoms with Gasteiger partial charge in [0.25, 0.3) is 0 Å². The maximum absolute atomic E-state index is 12.9. The summed E-state index contributed by atoms with van der Waals surface area (Å²) in [6.07, 6.45) is 4.73. The van der Waals surface area contributed by atoms with E-state index in [9.17, 15) is 4.79 Å². The van der Waals surface area contributed by atoms with E-state index in [1.165, 1.54) is 0 Å². The Labute approximate surface area is 113 Å². The first-order chi connectivity index (χ1) is 9.25. The van der Waals surface area contributed by atoms with Gasteiger partial charge in [0, 0.05) is 19.6 Å². The van der Waals surface area contributed by atoms with E-state index in [0.717, 1.165) is 51.3 Å². The summed E-state index contributed by atoms with van der Waals surface area (Å²) in [6.45, 7) is 6.11. The van der Waals surface area contributed by atoms with E-state index in [2.05, 4.69) is 22.4 Å². The van der Waals surface area contributed by atoms with Gasteiger partial charge in [0.2, 0.25) is 5.91 Å². The predicted molar refractivity (Wildman–Crippen MR) is 70.3 cm³/mol. The first-order valence-electron chi connectivity index (χ1n) is 7.12. The maximum Gasteiger partial charge on any atom is 0.230 e. The molecule has 3 rings (SSSR count). The highest BCUT2D eigenvalue weighted by Crippen LogP contribution is 2.34. The summed E-state index contributed by atoms with van der Waals surface area (Å²) in [4.78, 5) is 14.8. The lowest BCUT2D eigenvalue weighted by molar-refractivity contribution is -0.143. The fraction of sp³-hybridized carbons (Fsp3) is 0.769. The molecule has 19 heavy (non-hydrogen) atoms. The number of nitrogens with one attached hydrogen (secondary N) is 1. The van der Waals surface area contributed by atoms with Crippen molar-refractivity contribution in [1.82, 2.24) is 25.0 Å². The molecule has 1 aromatic heterocycles. The van der Waals surface area contributed by atoms with Crippen molar-refractivity contribution in [2.24, 2.45) is 5.41 Å². The van der Waals surface area contributed by atoms with Crippen molar-refractivity contribution in [1.29, 1.82) is 0 Å². The van der Waals surface area contributed by atoms with Gasteiger partial charge in [0.1, 0.15) is 6.33 Å². The van der Waals surface area contributed by atoms with Crippen LogP contribution in [0, 0.1) is 5.41 Å². The number of nitrogens with zero attached hydrogens (tertiary/aromatic N) is 4. The van der Waals surface area contributed by atoms with Crippen molar-refractivity contribution in [3.8, 4) is 0 Å². The summed E-state index contributed by atoms with van der Waals surface area (Å²) in [5, 5.41) is 11.4. The van der Waals surface area contributed by atoms with Gasteiger partial charge in [-0.15, -0.1) is 10.2 Å². The smallest absolute Gasteiger partial charge is 0.230 e. The van der Waals surface area contributed by atoms with Crippen LogP contribution in [0.1, 0.15) is 32.0 Å². The van der Waals surface area contributed by atoms with Crippen LogP contribution < -0.4 is 5.32 Å². The van der Waals surface area contributed by atoms with Crippen molar-refractivity contribution >= 4 is 5.91 Å². The Morgan fingerprint density at radius 3 is 3.16 bits per heavy atom. The van der Waals surface area contributed by atoms with Gasteiger partial charge in [-0.25, -0.2) is 0 Å². The van der Waals surface area contributed by atoms with Crippen LogP contribution in [0.15, 0.2) is 6.33 Å². The Balaban J connectivity index is 1.77. The van der Waals surface area contributed by atoms with Gasteiger partial charge in [-0.2, -0.15) is 0 Å². The summed E-state index contributed by atoms with van der Waals surface area (Å²) in [5.74, 6) is 1.20. The molecule has 104 valence electrons. The van der Waals surface area contributed by atoms with Crippen molar-refractivity contribution in [3.05, 3.63) is 12.2 Å². The molecule has 0 spiro atoms. The molecule has 0 saturated carbocycles. The predicted octanol–water partition coefficient (Wildman–Crippen LogP) is 0.400. The van der Waals surface area contributed by atoms with Crippen LogP contribution >= 0.6 is 0 Å². The number of amides is 1. The molecule has 0 aromatic carbocycles. The number of carbonyl (C=O) groups is 1. The minimum Gasteiger partial charge on any atom is -0.333 e. The molecule has 2 aliphatic heterocycles. The monoisotopic (exact) mass is 263 g/mol. The second kappa shape index (κ2) is 4.92. The quantitative estimate of drug-likeness (QED) is 0.857. The third-order valence-corrected chi connectivity index (χ3v) is 4.35. The first kappa shape index (κ1) is 12.6. The minimum absolute atomic E-state index is 0.184. The second-order valence-corrected chi connectivity index (χ2v) is 5.62. The largest absolute Gasteiger partial charge is 0.333 e. The summed E-state index contributed by atoms with van der Waals surface area (Å²) in [6, 6.07) is 0. The van der Waals surface area contributed by atoms with Gasteiger partial charge >= 0.3 is 0 Å². The van der Waals surface area contributed by atoms with Crippen LogP contribution in [0.3, 0.4) is 0 Å². The number of rotatable bonds is 3. The summed E-state index contributed by atoms with van der Waals surface area (Å²) >= 11 is 0. The number of aromatic nitrogens is 3. The molecular formula is C13H21N5O. The van der Waals surface area contributed by atoms with E-state index >= 15 is 0 Å². The molecule has 0 radical (unpaired) electrons.